The second-order valence-corrected chi connectivity index (χ2v) is 7.14. The van der Waals surface area contributed by atoms with Crippen LogP contribution < -0.4 is 20.4 Å². The fourth-order valence-electron chi connectivity index (χ4n) is 3.26. The van der Waals surface area contributed by atoms with E-state index >= 15 is 0 Å². The van der Waals surface area contributed by atoms with Gasteiger partial charge in [0, 0.05) is 51.7 Å². The van der Waals surface area contributed by atoms with Gasteiger partial charge in [0.2, 0.25) is 0 Å². The number of halogens is 2. The summed E-state index contributed by atoms with van der Waals surface area (Å²) in [5.41, 5.74) is 2.33. The van der Waals surface area contributed by atoms with E-state index in [4.69, 9.17) is 4.99 Å². The van der Waals surface area contributed by atoms with E-state index in [-0.39, 0.29) is 35.8 Å². The van der Waals surface area contributed by atoms with E-state index in [2.05, 4.69) is 44.8 Å². The number of hydrogen-bond donors (Lipinski definition) is 2. The van der Waals surface area contributed by atoms with E-state index in [0.717, 1.165) is 31.0 Å². The molecular weight excluding hydrogens is 482 g/mol. The molecule has 1 saturated heterocycles. The van der Waals surface area contributed by atoms with Crippen molar-refractivity contribution in [1.29, 1.82) is 0 Å². The number of nitrogens with one attached hydrogen (secondary N) is 2. The van der Waals surface area contributed by atoms with Gasteiger partial charge in [0.05, 0.1) is 6.54 Å². The van der Waals surface area contributed by atoms with E-state index in [0.29, 0.717) is 18.9 Å². The molecule has 1 aromatic heterocycles. The van der Waals surface area contributed by atoms with Crippen LogP contribution in [0, 0.1) is 5.82 Å². The molecule has 0 bridgehead atoms. The number of hydrogen-bond acceptors (Lipinski definition) is 4. The molecule has 0 spiro atoms. The lowest BCUT2D eigenvalue weighted by molar-refractivity contribution is 0.612. The van der Waals surface area contributed by atoms with Crippen LogP contribution in [0.1, 0.15) is 18.9 Å². The number of aromatic nitrogens is 1. The molecule has 6 nitrogen and oxygen atoms in total. The van der Waals surface area contributed by atoms with Gasteiger partial charge < -0.3 is 20.4 Å². The summed E-state index contributed by atoms with van der Waals surface area (Å²) in [7, 11) is 4.06. The van der Waals surface area contributed by atoms with Crippen LogP contribution in [0.2, 0.25) is 0 Å². The van der Waals surface area contributed by atoms with Crippen molar-refractivity contribution in [3.05, 3.63) is 54.0 Å². The molecule has 1 unspecified atom stereocenters. The molecule has 158 valence electrons. The van der Waals surface area contributed by atoms with Crippen LogP contribution in [0.25, 0.3) is 0 Å². The van der Waals surface area contributed by atoms with Crippen molar-refractivity contribution in [2.24, 2.45) is 4.99 Å². The second kappa shape index (κ2) is 11.2. The third kappa shape index (κ3) is 6.45. The third-order valence-corrected chi connectivity index (χ3v) is 4.78. The summed E-state index contributed by atoms with van der Waals surface area (Å²) in [6, 6.07) is 11.7. The molecule has 0 saturated carbocycles. The minimum atomic E-state index is -0.273. The summed E-state index contributed by atoms with van der Waals surface area (Å²) in [5.74, 6) is 0.937. The maximum absolute atomic E-state index is 14.0. The minimum Gasteiger partial charge on any atom is -0.378 e. The Balaban J connectivity index is 0.00000300. The highest BCUT2D eigenvalue weighted by Crippen LogP contribution is 2.20. The van der Waals surface area contributed by atoms with Crippen LogP contribution in [0.4, 0.5) is 15.9 Å². The Morgan fingerprint density at radius 2 is 2.03 bits per heavy atom. The van der Waals surface area contributed by atoms with Gasteiger partial charge in [-0.25, -0.2) is 14.4 Å². The summed E-state index contributed by atoms with van der Waals surface area (Å²) < 4.78 is 14.0. The van der Waals surface area contributed by atoms with E-state index in [1.807, 2.05) is 25.9 Å². The number of guanidine groups is 1. The van der Waals surface area contributed by atoms with Gasteiger partial charge in [-0.05, 0) is 43.2 Å². The maximum Gasteiger partial charge on any atom is 0.191 e. The average molecular weight is 512 g/mol. The molecule has 0 amide bonds. The molecule has 1 aliphatic rings. The second-order valence-electron chi connectivity index (χ2n) is 7.14. The van der Waals surface area contributed by atoms with Crippen molar-refractivity contribution < 1.29 is 4.39 Å². The molecule has 1 aromatic carbocycles. The average Bonchev–Trinajstić information content (AvgIpc) is 3.15. The quantitative estimate of drug-likeness (QED) is 0.354. The maximum atomic E-state index is 14.0. The summed E-state index contributed by atoms with van der Waals surface area (Å²) in [6.45, 7) is 4.92. The van der Waals surface area contributed by atoms with Crippen molar-refractivity contribution in [2.45, 2.75) is 25.9 Å². The van der Waals surface area contributed by atoms with Gasteiger partial charge in [-0.3, -0.25) is 0 Å². The van der Waals surface area contributed by atoms with Gasteiger partial charge in [-0.2, -0.15) is 0 Å². The van der Waals surface area contributed by atoms with E-state index in [9.17, 15) is 4.39 Å². The predicted molar refractivity (Wildman–Crippen MR) is 129 cm³/mol. The first-order chi connectivity index (χ1) is 13.6. The van der Waals surface area contributed by atoms with Gasteiger partial charge in [0.25, 0.3) is 0 Å². The molecular formula is C21H30FIN6. The number of nitrogens with zero attached hydrogens (tertiary/aromatic N) is 4. The topological polar surface area (TPSA) is 55.8 Å². The SMILES string of the molecule is CCNC(=NCc1ccc(N(C)C)cc1)NC1CCN(c2ncccc2F)C1.I. The van der Waals surface area contributed by atoms with Crippen LogP contribution >= 0.6 is 24.0 Å². The van der Waals surface area contributed by atoms with Gasteiger partial charge in [-0.1, -0.05) is 12.1 Å². The van der Waals surface area contributed by atoms with Gasteiger partial charge in [0.1, 0.15) is 0 Å². The summed E-state index contributed by atoms with van der Waals surface area (Å²) in [5, 5.41) is 6.77. The Kier molecular flexibility index (Phi) is 8.94. The number of pyridine rings is 1. The fourth-order valence-corrected chi connectivity index (χ4v) is 3.26. The monoisotopic (exact) mass is 512 g/mol. The summed E-state index contributed by atoms with van der Waals surface area (Å²) in [6.07, 6.45) is 2.55. The Morgan fingerprint density at radius 1 is 1.28 bits per heavy atom. The minimum absolute atomic E-state index is 0. The highest BCUT2D eigenvalue weighted by atomic mass is 127. The van der Waals surface area contributed by atoms with Crippen molar-refractivity contribution in [3.63, 3.8) is 0 Å². The van der Waals surface area contributed by atoms with E-state index in [1.165, 1.54) is 11.8 Å². The van der Waals surface area contributed by atoms with Crippen LogP contribution in [0.5, 0.6) is 0 Å². The molecule has 1 atom stereocenters. The van der Waals surface area contributed by atoms with Gasteiger partial charge in [0.15, 0.2) is 17.6 Å². The molecule has 0 aliphatic carbocycles. The summed E-state index contributed by atoms with van der Waals surface area (Å²) >= 11 is 0. The van der Waals surface area contributed by atoms with Crippen LogP contribution in [-0.4, -0.2) is 50.7 Å². The Labute approximate surface area is 189 Å². The van der Waals surface area contributed by atoms with Crippen molar-refractivity contribution in [3.8, 4) is 0 Å². The van der Waals surface area contributed by atoms with Crippen molar-refractivity contribution in [1.82, 2.24) is 15.6 Å². The van der Waals surface area contributed by atoms with E-state index < -0.39 is 0 Å². The third-order valence-electron chi connectivity index (χ3n) is 4.78. The number of benzene rings is 1. The standard InChI is InChI=1S/C21H29FN6.HI/c1-4-23-21(25-14-16-7-9-18(10-8-16)27(2)3)26-17-11-13-28(15-17)20-19(22)6-5-12-24-20;/h5-10,12,17H,4,11,13-15H2,1-3H3,(H2,23,25,26);1H. The van der Waals surface area contributed by atoms with Gasteiger partial charge in [-0.15, -0.1) is 24.0 Å². The summed E-state index contributed by atoms with van der Waals surface area (Å²) in [4.78, 5) is 13.0. The lowest BCUT2D eigenvalue weighted by Crippen LogP contribution is -2.44. The Hall–Kier alpha value is -2.10. The zero-order valence-electron chi connectivity index (χ0n) is 17.2. The molecule has 29 heavy (non-hydrogen) atoms. The van der Waals surface area contributed by atoms with Crippen molar-refractivity contribution in [2.75, 3.05) is 43.5 Å². The molecule has 0 radical (unpaired) electrons. The molecule has 2 aromatic rings. The zero-order chi connectivity index (χ0) is 19.9. The first-order valence-electron chi connectivity index (χ1n) is 9.73. The predicted octanol–water partition coefficient (Wildman–Crippen LogP) is 3.24. The normalized spacial score (nSPS) is 16.3. The smallest absolute Gasteiger partial charge is 0.191 e. The lowest BCUT2D eigenvalue weighted by Gasteiger charge is -2.20. The molecule has 1 fully saturated rings. The molecule has 3 rings (SSSR count). The zero-order valence-corrected chi connectivity index (χ0v) is 19.6. The lowest BCUT2D eigenvalue weighted by atomic mass is 10.2. The Morgan fingerprint density at radius 3 is 2.69 bits per heavy atom. The first-order valence-corrected chi connectivity index (χ1v) is 9.73. The van der Waals surface area contributed by atoms with Gasteiger partial charge >= 0.3 is 0 Å². The highest BCUT2D eigenvalue weighted by Gasteiger charge is 2.25. The first kappa shape index (κ1) is 23.2. The van der Waals surface area contributed by atoms with Crippen molar-refractivity contribution >= 4 is 41.4 Å². The molecule has 1 aliphatic heterocycles. The molecule has 8 heteroatoms. The Bertz CT molecular complexity index is 796. The van der Waals surface area contributed by atoms with Crippen LogP contribution in [-0.2, 0) is 6.54 Å². The largest absolute Gasteiger partial charge is 0.378 e. The van der Waals surface area contributed by atoms with E-state index in [1.54, 1.807) is 12.3 Å². The highest BCUT2D eigenvalue weighted by molar-refractivity contribution is 14.0. The van der Waals surface area contributed by atoms with Crippen LogP contribution in [0.15, 0.2) is 47.6 Å². The molecule has 2 N–H and O–H groups in total. The molecule has 2 heterocycles. The van der Waals surface area contributed by atoms with Crippen LogP contribution in [0.3, 0.4) is 0 Å². The number of anilines is 2. The number of rotatable bonds is 6. The number of aliphatic imine (C=N–C) groups is 1. The fraction of sp³-hybridized carbons (Fsp3) is 0.429.